The van der Waals surface area contributed by atoms with E-state index >= 15 is 0 Å². The molecule has 0 fully saturated rings. The normalized spacial score (nSPS) is 11.9. The van der Waals surface area contributed by atoms with Gasteiger partial charge in [-0.05, 0) is 74.9 Å². The summed E-state index contributed by atoms with van der Waals surface area (Å²) < 4.78 is 203. The predicted molar refractivity (Wildman–Crippen MR) is 495 cm³/mol. The van der Waals surface area contributed by atoms with Crippen molar-refractivity contribution < 1.29 is 111 Å². The second-order valence-electron chi connectivity index (χ2n) is 31.0. The second-order valence-corrected chi connectivity index (χ2v) is 36.0. The van der Waals surface area contributed by atoms with E-state index in [1.54, 1.807) is 0 Å². The molecule has 726 valence electrons. The largest absolute Gasteiger partial charge is 0.487 e. The third kappa shape index (κ3) is 57.4. The Morgan fingerprint density at radius 3 is 0.524 bits per heavy atom. The van der Waals surface area contributed by atoms with Crippen molar-refractivity contribution in [3.8, 4) is 34.5 Å². The molecule has 3 aromatic carbocycles. The highest BCUT2D eigenvalue weighted by Gasteiger charge is 2.27. The lowest BCUT2D eigenvalue weighted by atomic mass is 10.1. The van der Waals surface area contributed by atoms with E-state index in [4.69, 9.17) is 85.3 Å². The molecule has 0 aliphatic carbocycles. The quantitative estimate of drug-likeness (QED) is 0.0346. The Hall–Kier alpha value is -5.76. The van der Waals surface area contributed by atoms with E-state index in [0.29, 0.717) is 119 Å². The highest BCUT2D eigenvalue weighted by molar-refractivity contribution is 7.93. The van der Waals surface area contributed by atoms with E-state index in [9.17, 15) is 25.3 Å². The number of unbranched alkanes of at least 4 members (excludes halogenated alkanes) is 30. The molecule has 0 amide bonds. The number of nitrogens with zero attached hydrogens (tertiary/aromatic N) is 3. The minimum atomic E-state index is -4.80. The zero-order valence-corrected chi connectivity index (χ0v) is 80.2. The van der Waals surface area contributed by atoms with Gasteiger partial charge < -0.3 is 85.3 Å². The first kappa shape index (κ1) is 113. The van der Waals surface area contributed by atoms with Crippen LogP contribution in [0, 0.1) is 0 Å². The molecule has 0 atom stereocenters. The number of anilines is 3. The number of ether oxygens (including phenoxy) is 18. The zero-order chi connectivity index (χ0) is 90.4. The van der Waals surface area contributed by atoms with Crippen molar-refractivity contribution >= 4 is 47.9 Å². The summed E-state index contributed by atoms with van der Waals surface area (Å²) in [5.74, 6) is -1.84. The van der Waals surface area contributed by atoms with Gasteiger partial charge in [-0.1, -0.05) is 234 Å². The van der Waals surface area contributed by atoms with Crippen molar-refractivity contribution in [2.75, 3.05) is 212 Å². The highest BCUT2D eigenvalue weighted by Crippen LogP contribution is 2.35. The molecule has 0 spiro atoms. The van der Waals surface area contributed by atoms with Crippen molar-refractivity contribution in [2.45, 2.75) is 287 Å². The fraction of sp³-hybridized carbons (Fsp3) is 0.774. The highest BCUT2D eigenvalue weighted by atomic mass is 32.2. The fourth-order valence-electron chi connectivity index (χ4n) is 12.8. The lowest BCUT2D eigenvalue weighted by Crippen LogP contribution is -2.22. The standard InChI is InChI=1S/C93H162N6O24S3/c1-7-13-19-25-31-37-49-106-55-61-112-67-73-118-85-46-43-82(79-88(85)121-76-70-115-64-58-109-52-40-34-28-22-16-10-4)124(100,101)97-91-94-92(98-125(102,103)83-44-47-86(119-74-68-113-62-56-107-50-38-32-26-20-14-8-2)89(80-83)122-77-71-116-65-59-110-53-41-35-29-23-17-11-5)96-93(95-91)99-126(104,105)84-45-48-87(120-75-69-114-63-57-108-51-39-33-27-21-15-9-3)90(81-84)123-78-72-117-66-60-111-54-42-36-30-24-18-12-6/h43-48,79-81H,7-42,49-78H2,1-6H3,(H3,94,95,96,97,98,99). The first-order chi connectivity index (χ1) is 61.7. The summed E-state index contributed by atoms with van der Waals surface area (Å²) in [5, 5.41) is 0. The van der Waals surface area contributed by atoms with E-state index < -0.39 is 47.9 Å². The minimum Gasteiger partial charge on any atom is -0.487 e. The van der Waals surface area contributed by atoms with Gasteiger partial charge in [0.05, 0.1) is 134 Å². The Bertz CT molecular complexity index is 3240. The van der Waals surface area contributed by atoms with E-state index in [-0.39, 0.29) is 128 Å². The van der Waals surface area contributed by atoms with Gasteiger partial charge in [-0.15, -0.1) is 0 Å². The van der Waals surface area contributed by atoms with Crippen LogP contribution in [0.2, 0.25) is 0 Å². The molecule has 0 bridgehead atoms. The third-order valence-corrected chi connectivity index (χ3v) is 24.0. The SMILES string of the molecule is CCCCCCCCOCCOCCOc1ccc(S(=O)(=O)Nc2nc(NS(=O)(=O)c3ccc(OCCOCCOCCCCCCCC)c(OCCOCCOCCCCCCCC)c3)nc(NS(=O)(=O)c3ccc(OCCOCCOCCCCCCCC)c(OCCOCCOCCCCCCCC)c3)n2)cc1OCCOCCOCCCCCCCC. The molecule has 1 heterocycles. The molecule has 0 saturated heterocycles. The number of hydrogen-bond acceptors (Lipinski definition) is 27. The van der Waals surface area contributed by atoms with Gasteiger partial charge in [-0.3, -0.25) is 0 Å². The van der Waals surface area contributed by atoms with Gasteiger partial charge in [-0.25, -0.2) is 39.4 Å². The number of hydrogen-bond donors (Lipinski definition) is 3. The molecule has 0 saturated carbocycles. The van der Waals surface area contributed by atoms with Crippen LogP contribution in [0.5, 0.6) is 34.5 Å². The average Bonchev–Trinajstić information content (AvgIpc) is 0.793. The summed E-state index contributed by atoms with van der Waals surface area (Å²) in [6.07, 6.45) is 41.4. The molecular formula is C93H162N6O24S3. The summed E-state index contributed by atoms with van der Waals surface area (Å²) in [5.41, 5.74) is 0. The summed E-state index contributed by atoms with van der Waals surface area (Å²) in [7, 11) is -14.4. The first-order valence-electron chi connectivity index (χ1n) is 47.7. The van der Waals surface area contributed by atoms with Crippen LogP contribution < -0.4 is 42.6 Å². The molecule has 1 aromatic heterocycles. The Morgan fingerprint density at radius 2 is 0.341 bits per heavy atom. The van der Waals surface area contributed by atoms with E-state index in [1.807, 2.05) is 0 Å². The molecule has 0 unspecified atom stereocenters. The molecule has 4 rings (SSSR count). The van der Waals surface area contributed by atoms with Gasteiger partial charge in [0.1, 0.15) is 39.6 Å². The molecule has 30 nitrogen and oxygen atoms in total. The monoisotopic (exact) mass is 1840 g/mol. The number of nitrogens with one attached hydrogen (secondary N) is 3. The molecular weight excluding hydrogens is 1680 g/mol. The van der Waals surface area contributed by atoms with E-state index in [2.05, 4.69) is 70.7 Å². The lowest BCUT2D eigenvalue weighted by molar-refractivity contribution is 0.0320. The fourth-order valence-corrected chi connectivity index (χ4v) is 15.7. The van der Waals surface area contributed by atoms with Crippen LogP contribution in [0.4, 0.5) is 17.8 Å². The maximum absolute atomic E-state index is 14.8. The summed E-state index contributed by atoms with van der Waals surface area (Å²) in [4.78, 5) is 11.5. The van der Waals surface area contributed by atoms with Crippen LogP contribution in [-0.2, 0) is 86.9 Å². The third-order valence-electron chi connectivity index (χ3n) is 20.0. The molecule has 33 heteroatoms. The van der Waals surface area contributed by atoms with Gasteiger partial charge in [0, 0.05) is 57.8 Å². The number of sulfonamides is 3. The van der Waals surface area contributed by atoms with Crippen molar-refractivity contribution in [1.29, 1.82) is 0 Å². The average molecular weight is 1840 g/mol. The first-order valence-corrected chi connectivity index (χ1v) is 52.1. The molecule has 4 aromatic rings. The minimum absolute atomic E-state index is 0.0208. The number of aromatic nitrogens is 3. The van der Waals surface area contributed by atoms with Crippen LogP contribution >= 0.6 is 0 Å². The molecule has 0 aliphatic rings. The van der Waals surface area contributed by atoms with E-state index in [0.717, 1.165) is 77.0 Å². The predicted octanol–water partition coefficient (Wildman–Crippen LogP) is 18.9. The van der Waals surface area contributed by atoms with Gasteiger partial charge in [0.2, 0.25) is 17.8 Å². The van der Waals surface area contributed by atoms with Gasteiger partial charge >= 0.3 is 0 Å². The van der Waals surface area contributed by atoms with Crippen molar-refractivity contribution in [3.05, 3.63) is 54.6 Å². The maximum atomic E-state index is 14.8. The van der Waals surface area contributed by atoms with Crippen LogP contribution in [0.25, 0.3) is 0 Å². The van der Waals surface area contributed by atoms with Crippen LogP contribution in [-0.4, -0.2) is 238 Å². The number of benzene rings is 3. The van der Waals surface area contributed by atoms with Crippen LogP contribution in [0.15, 0.2) is 69.3 Å². The Labute approximate surface area is 758 Å². The Kier molecular flexibility index (Phi) is 68.7. The zero-order valence-electron chi connectivity index (χ0n) is 77.7. The summed E-state index contributed by atoms with van der Waals surface area (Å²) in [6.45, 7) is 22.3. The van der Waals surface area contributed by atoms with Gasteiger partial charge in [0.25, 0.3) is 30.1 Å². The second kappa shape index (κ2) is 76.9. The van der Waals surface area contributed by atoms with Crippen molar-refractivity contribution in [3.63, 3.8) is 0 Å². The Morgan fingerprint density at radius 1 is 0.190 bits per heavy atom. The van der Waals surface area contributed by atoms with Gasteiger partial charge in [-0.2, -0.15) is 15.0 Å². The molecule has 3 N–H and O–H groups in total. The maximum Gasteiger partial charge on any atom is 0.264 e. The summed E-state index contributed by atoms with van der Waals surface area (Å²) >= 11 is 0. The van der Waals surface area contributed by atoms with Crippen LogP contribution in [0.1, 0.15) is 273 Å². The van der Waals surface area contributed by atoms with Crippen molar-refractivity contribution in [1.82, 2.24) is 15.0 Å². The number of rotatable bonds is 93. The van der Waals surface area contributed by atoms with Gasteiger partial charge in [0.15, 0.2) is 34.5 Å². The topological polar surface area (TPSA) is 343 Å². The van der Waals surface area contributed by atoms with Crippen LogP contribution in [0.3, 0.4) is 0 Å². The smallest absolute Gasteiger partial charge is 0.264 e. The lowest BCUT2D eigenvalue weighted by Gasteiger charge is -2.17. The Balaban J connectivity index is 1.69. The molecule has 0 radical (unpaired) electrons. The summed E-state index contributed by atoms with van der Waals surface area (Å²) in [6, 6.07) is 11.7. The van der Waals surface area contributed by atoms with Crippen molar-refractivity contribution in [2.24, 2.45) is 0 Å². The van der Waals surface area contributed by atoms with E-state index in [1.165, 1.54) is 209 Å². The molecule has 126 heavy (non-hydrogen) atoms. The molecule has 0 aliphatic heterocycles.